The van der Waals surface area contributed by atoms with Crippen molar-refractivity contribution in [1.29, 1.82) is 0 Å². The summed E-state index contributed by atoms with van der Waals surface area (Å²) in [5, 5.41) is 1.59. The van der Waals surface area contributed by atoms with E-state index in [9.17, 15) is 0 Å². The molecule has 0 spiro atoms. The zero-order chi connectivity index (χ0) is 6.10. The summed E-state index contributed by atoms with van der Waals surface area (Å²) < 4.78 is 0. The number of hydrogen-bond acceptors (Lipinski definition) is 0. The average molecular weight is 136 g/mol. The summed E-state index contributed by atoms with van der Waals surface area (Å²) in [5.41, 5.74) is 1.58. The molecule has 0 amide bonds. The highest BCUT2D eigenvalue weighted by Gasteiger charge is 2.07. The molecule has 0 aliphatic carbocycles. The van der Waals surface area contributed by atoms with Gasteiger partial charge in [0.05, 0.1) is 0 Å². The van der Waals surface area contributed by atoms with Crippen molar-refractivity contribution >= 4 is 13.9 Å². The first kappa shape index (κ1) is 5.44. The Kier molecular flexibility index (Phi) is 1.28. The lowest BCUT2D eigenvalue weighted by atomic mass is 10.2. The fourth-order valence-electron chi connectivity index (χ4n) is 1.24. The highest BCUT2D eigenvalue weighted by molar-refractivity contribution is 7.47. The van der Waals surface area contributed by atoms with E-state index in [0.29, 0.717) is 0 Å². The van der Waals surface area contributed by atoms with Crippen molar-refractivity contribution in [2.45, 2.75) is 6.42 Å². The van der Waals surface area contributed by atoms with Gasteiger partial charge in [0.25, 0.3) is 0 Å². The lowest BCUT2D eigenvalue weighted by Crippen LogP contribution is -1.93. The van der Waals surface area contributed by atoms with Crippen LogP contribution in [0.25, 0.3) is 0 Å². The van der Waals surface area contributed by atoms with Gasteiger partial charge < -0.3 is 0 Å². The summed E-state index contributed by atoms with van der Waals surface area (Å²) in [6, 6.07) is 8.77. The van der Waals surface area contributed by atoms with Crippen LogP contribution in [0, 0.1) is 0 Å². The van der Waals surface area contributed by atoms with E-state index < -0.39 is 0 Å². The summed E-state index contributed by atoms with van der Waals surface area (Å²) in [6.45, 7) is 0. The Labute approximate surface area is 57.1 Å². The van der Waals surface area contributed by atoms with E-state index in [1.165, 1.54) is 12.6 Å². The van der Waals surface area contributed by atoms with Gasteiger partial charge >= 0.3 is 0 Å². The second-order valence-electron chi connectivity index (χ2n) is 2.33. The second kappa shape index (κ2) is 2.11. The molecule has 0 saturated heterocycles. The third-order valence-electron chi connectivity index (χ3n) is 1.73. The smallest absolute Gasteiger partial charge is 0.0233 e. The van der Waals surface area contributed by atoms with Crippen molar-refractivity contribution < 1.29 is 0 Å². The third kappa shape index (κ3) is 0.881. The molecular formula is C8H9P. The third-order valence-corrected chi connectivity index (χ3v) is 3.10. The van der Waals surface area contributed by atoms with Gasteiger partial charge in [0.2, 0.25) is 0 Å². The van der Waals surface area contributed by atoms with Crippen molar-refractivity contribution in [3.8, 4) is 0 Å². The van der Waals surface area contributed by atoms with Crippen LogP contribution in [0.5, 0.6) is 0 Å². The van der Waals surface area contributed by atoms with Crippen LogP contribution in [0.4, 0.5) is 0 Å². The predicted molar refractivity (Wildman–Crippen MR) is 43.0 cm³/mol. The van der Waals surface area contributed by atoms with E-state index in [2.05, 4.69) is 24.3 Å². The molecule has 1 aromatic carbocycles. The molecule has 0 nitrogen and oxygen atoms in total. The Bertz CT molecular complexity index is 195. The largest absolute Gasteiger partial charge is 0.0898 e. The number of hydrogen-bond donors (Lipinski definition) is 0. The average Bonchev–Trinajstić information content (AvgIpc) is 2.33. The Morgan fingerprint density at radius 2 is 2.11 bits per heavy atom. The number of aryl methyl sites for hydroxylation is 1. The standard InChI is InChI=1S/C8H9P/c1-2-4-8-7(3-1)5-6-9-8/h1-4,9H,5-6H2. The van der Waals surface area contributed by atoms with Crippen LogP contribution in [0.2, 0.25) is 0 Å². The number of rotatable bonds is 0. The van der Waals surface area contributed by atoms with Gasteiger partial charge in [-0.1, -0.05) is 32.8 Å². The van der Waals surface area contributed by atoms with E-state index in [1.54, 1.807) is 10.9 Å². The molecule has 0 bridgehead atoms. The van der Waals surface area contributed by atoms with Crippen LogP contribution >= 0.6 is 8.58 Å². The van der Waals surface area contributed by atoms with Gasteiger partial charge in [0.1, 0.15) is 0 Å². The van der Waals surface area contributed by atoms with Gasteiger partial charge in [-0.25, -0.2) is 0 Å². The predicted octanol–water partition coefficient (Wildman–Crippen LogP) is 1.55. The van der Waals surface area contributed by atoms with Crippen molar-refractivity contribution in [3.05, 3.63) is 29.8 Å². The first-order valence-electron chi connectivity index (χ1n) is 3.28. The van der Waals surface area contributed by atoms with Gasteiger partial charge in [0, 0.05) is 0 Å². The first-order chi connectivity index (χ1) is 4.47. The Morgan fingerprint density at radius 1 is 1.22 bits per heavy atom. The molecule has 1 heteroatoms. The normalized spacial score (nSPS) is 18.2. The van der Waals surface area contributed by atoms with Crippen LogP contribution < -0.4 is 5.30 Å². The molecule has 9 heavy (non-hydrogen) atoms. The minimum atomic E-state index is 1.08. The quantitative estimate of drug-likeness (QED) is 0.474. The molecule has 2 rings (SSSR count). The molecule has 0 saturated carbocycles. The molecule has 0 aromatic heterocycles. The molecule has 0 radical (unpaired) electrons. The van der Waals surface area contributed by atoms with E-state index in [-0.39, 0.29) is 0 Å². The van der Waals surface area contributed by atoms with Gasteiger partial charge in [-0.3, -0.25) is 0 Å². The molecule has 1 aliphatic heterocycles. The van der Waals surface area contributed by atoms with Crippen molar-refractivity contribution in [2.24, 2.45) is 0 Å². The molecule has 46 valence electrons. The van der Waals surface area contributed by atoms with Gasteiger partial charge in [0.15, 0.2) is 0 Å². The zero-order valence-corrected chi connectivity index (χ0v) is 6.22. The number of fused-ring (bicyclic) bond motifs is 1. The van der Waals surface area contributed by atoms with E-state index >= 15 is 0 Å². The summed E-state index contributed by atoms with van der Waals surface area (Å²) in [5.74, 6) is 0. The monoisotopic (exact) mass is 136 g/mol. The molecule has 0 fully saturated rings. The second-order valence-corrected chi connectivity index (χ2v) is 3.73. The summed E-state index contributed by atoms with van der Waals surface area (Å²) in [7, 11) is 1.08. The van der Waals surface area contributed by atoms with E-state index in [4.69, 9.17) is 0 Å². The highest BCUT2D eigenvalue weighted by atomic mass is 31.1. The van der Waals surface area contributed by atoms with Crippen LogP contribution in [-0.4, -0.2) is 6.16 Å². The molecule has 1 aliphatic rings. The molecular weight excluding hydrogens is 127 g/mol. The van der Waals surface area contributed by atoms with Crippen LogP contribution in [0.3, 0.4) is 0 Å². The molecule has 1 unspecified atom stereocenters. The molecule has 0 N–H and O–H groups in total. The molecule has 1 heterocycles. The van der Waals surface area contributed by atoms with Crippen LogP contribution in [0.1, 0.15) is 5.56 Å². The minimum absolute atomic E-state index is 1.08. The molecule has 1 aromatic rings. The Balaban J connectivity index is 2.54. The lowest BCUT2D eigenvalue weighted by Gasteiger charge is -1.92. The number of benzene rings is 1. The topological polar surface area (TPSA) is 0 Å². The van der Waals surface area contributed by atoms with Crippen molar-refractivity contribution in [2.75, 3.05) is 6.16 Å². The molecule has 1 atom stereocenters. The van der Waals surface area contributed by atoms with Gasteiger partial charge in [-0.15, -0.1) is 0 Å². The Hall–Kier alpha value is -0.350. The van der Waals surface area contributed by atoms with Gasteiger partial charge in [-0.05, 0) is 23.5 Å². The highest BCUT2D eigenvalue weighted by Crippen LogP contribution is 2.22. The Morgan fingerprint density at radius 3 is 3.00 bits per heavy atom. The maximum Gasteiger partial charge on any atom is -0.0233 e. The van der Waals surface area contributed by atoms with Crippen molar-refractivity contribution in [1.82, 2.24) is 0 Å². The van der Waals surface area contributed by atoms with E-state index in [0.717, 1.165) is 8.58 Å². The van der Waals surface area contributed by atoms with Gasteiger partial charge in [-0.2, -0.15) is 0 Å². The maximum absolute atomic E-state index is 2.25. The van der Waals surface area contributed by atoms with Crippen molar-refractivity contribution in [3.63, 3.8) is 0 Å². The van der Waals surface area contributed by atoms with E-state index in [1.807, 2.05) is 0 Å². The van der Waals surface area contributed by atoms with Crippen LogP contribution in [-0.2, 0) is 6.42 Å². The minimum Gasteiger partial charge on any atom is -0.0898 e. The maximum atomic E-state index is 2.25. The summed E-state index contributed by atoms with van der Waals surface area (Å²) in [6.07, 6.45) is 2.70. The summed E-state index contributed by atoms with van der Waals surface area (Å²) >= 11 is 0. The lowest BCUT2D eigenvalue weighted by molar-refractivity contribution is 1.20. The zero-order valence-electron chi connectivity index (χ0n) is 5.22. The summed E-state index contributed by atoms with van der Waals surface area (Å²) in [4.78, 5) is 0. The SMILES string of the molecule is c1ccc2c(c1)CCP2. The first-order valence-corrected chi connectivity index (χ1v) is 4.49. The van der Waals surface area contributed by atoms with Crippen LogP contribution in [0.15, 0.2) is 24.3 Å². The fraction of sp³-hybridized carbons (Fsp3) is 0.250. The fourth-order valence-corrected chi connectivity index (χ4v) is 2.56.